The third kappa shape index (κ3) is 2.12. The molecule has 0 spiro atoms. The molecule has 6 heteroatoms. The predicted octanol–water partition coefficient (Wildman–Crippen LogP) is 1.05. The zero-order valence-corrected chi connectivity index (χ0v) is 9.42. The van der Waals surface area contributed by atoms with Crippen LogP contribution in [0.15, 0.2) is 24.3 Å². The van der Waals surface area contributed by atoms with Gasteiger partial charge >= 0.3 is 0 Å². The number of hydrogen-bond donors (Lipinski definition) is 1. The van der Waals surface area contributed by atoms with E-state index in [1.807, 2.05) is 6.92 Å². The van der Waals surface area contributed by atoms with E-state index < -0.39 is 4.92 Å². The molecule has 1 aliphatic heterocycles. The number of benzene rings is 1. The normalized spacial score (nSPS) is 19.7. The van der Waals surface area contributed by atoms with Gasteiger partial charge in [0.1, 0.15) is 6.17 Å². The molecular formula is C11H13N3O3. The average molecular weight is 235 g/mol. The van der Waals surface area contributed by atoms with E-state index in [9.17, 15) is 14.9 Å². The summed E-state index contributed by atoms with van der Waals surface area (Å²) in [6.45, 7) is 2.84. The summed E-state index contributed by atoms with van der Waals surface area (Å²) < 4.78 is 0. The van der Waals surface area contributed by atoms with Crippen molar-refractivity contribution in [2.45, 2.75) is 13.1 Å². The number of carbonyl (C=O) groups is 1. The van der Waals surface area contributed by atoms with Crippen LogP contribution in [0.4, 0.5) is 5.69 Å². The zero-order chi connectivity index (χ0) is 12.4. The number of amides is 1. The fourth-order valence-electron chi connectivity index (χ4n) is 1.97. The van der Waals surface area contributed by atoms with Crippen molar-refractivity contribution < 1.29 is 9.72 Å². The first-order valence-corrected chi connectivity index (χ1v) is 5.40. The lowest BCUT2D eigenvalue weighted by atomic mass is 10.1. The van der Waals surface area contributed by atoms with E-state index in [1.165, 1.54) is 12.1 Å². The summed E-state index contributed by atoms with van der Waals surface area (Å²) in [5, 5.41) is 13.6. The minimum absolute atomic E-state index is 0.0517. The number of likely N-dealkylation sites (N-methyl/N-ethyl adjacent to an activating group) is 1. The van der Waals surface area contributed by atoms with Crippen LogP contribution in [0.1, 0.15) is 18.7 Å². The second-order valence-electron chi connectivity index (χ2n) is 3.81. The summed E-state index contributed by atoms with van der Waals surface area (Å²) in [6.07, 6.45) is -0.173. The molecule has 1 aromatic rings. The van der Waals surface area contributed by atoms with Crippen molar-refractivity contribution in [3.8, 4) is 0 Å². The Bertz CT molecular complexity index is 444. The molecule has 0 aromatic heterocycles. The van der Waals surface area contributed by atoms with Gasteiger partial charge in [0.05, 0.1) is 11.5 Å². The van der Waals surface area contributed by atoms with E-state index in [2.05, 4.69) is 5.32 Å². The highest BCUT2D eigenvalue weighted by Gasteiger charge is 2.30. The summed E-state index contributed by atoms with van der Waals surface area (Å²) in [6, 6.07) is 6.26. The predicted molar refractivity (Wildman–Crippen MR) is 61.2 cm³/mol. The van der Waals surface area contributed by atoms with Crippen LogP contribution in [-0.4, -0.2) is 28.8 Å². The number of non-ortho nitro benzene ring substituents is 1. The van der Waals surface area contributed by atoms with Gasteiger partial charge in [0.15, 0.2) is 0 Å². The Morgan fingerprint density at radius 2 is 2.12 bits per heavy atom. The molecule has 2 rings (SSSR count). The average Bonchev–Trinajstić information content (AvgIpc) is 2.70. The van der Waals surface area contributed by atoms with Gasteiger partial charge in [-0.1, -0.05) is 0 Å². The molecule has 0 radical (unpaired) electrons. The second kappa shape index (κ2) is 4.50. The second-order valence-corrected chi connectivity index (χ2v) is 3.81. The van der Waals surface area contributed by atoms with E-state index in [-0.39, 0.29) is 17.8 Å². The highest BCUT2D eigenvalue weighted by Crippen LogP contribution is 2.23. The van der Waals surface area contributed by atoms with Crippen molar-refractivity contribution in [2.75, 3.05) is 13.1 Å². The van der Waals surface area contributed by atoms with E-state index in [0.29, 0.717) is 13.1 Å². The maximum Gasteiger partial charge on any atom is 0.269 e. The van der Waals surface area contributed by atoms with Crippen LogP contribution in [-0.2, 0) is 4.79 Å². The molecule has 17 heavy (non-hydrogen) atoms. The largest absolute Gasteiger partial charge is 0.322 e. The van der Waals surface area contributed by atoms with Gasteiger partial charge in [0.2, 0.25) is 5.91 Å². The fraction of sp³-hybridized carbons (Fsp3) is 0.364. The van der Waals surface area contributed by atoms with Crippen molar-refractivity contribution in [1.29, 1.82) is 0 Å². The standard InChI is InChI=1S/C11H13N3O3/c1-2-13-10(15)7-12-11(13)8-3-5-9(6-4-8)14(16)17/h3-6,11-12H,2,7H2,1H3. The molecule has 6 nitrogen and oxygen atoms in total. The van der Waals surface area contributed by atoms with Crippen LogP contribution in [0.25, 0.3) is 0 Å². The summed E-state index contributed by atoms with van der Waals surface area (Å²) in [5.74, 6) is 0.0517. The molecule has 1 aliphatic rings. The van der Waals surface area contributed by atoms with Crippen molar-refractivity contribution in [3.05, 3.63) is 39.9 Å². The quantitative estimate of drug-likeness (QED) is 0.627. The van der Waals surface area contributed by atoms with Gasteiger partial charge in [-0.3, -0.25) is 20.2 Å². The lowest BCUT2D eigenvalue weighted by Crippen LogP contribution is -2.29. The number of nitro benzene ring substituents is 1. The Labute approximate surface area is 98.4 Å². The van der Waals surface area contributed by atoms with Crippen molar-refractivity contribution in [1.82, 2.24) is 10.2 Å². The summed E-state index contributed by atoms with van der Waals surface area (Å²) in [5.41, 5.74) is 0.921. The Morgan fingerprint density at radius 1 is 1.47 bits per heavy atom. The minimum atomic E-state index is -0.436. The van der Waals surface area contributed by atoms with Crippen molar-refractivity contribution in [3.63, 3.8) is 0 Å². The molecule has 0 saturated carbocycles. The molecule has 1 saturated heterocycles. The van der Waals surface area contributed by atoms with E-state index in [0.717, 1.165) is 5.56 Å². The Balaban J connectivity index is 2.23. The number of hydrogen-bond acceptors (Lipinski definition) is 4. The van der Waals surface area contributed by atoms with Crippen LogP contribution in [0.2, 0.25) is 0 Å². The molecule has 1 aromatic carbocycles. The maximum absolute atomic E-state index is 11.5. The van der Waals surface area contributed by atoms with Gasteiger partial charge < -0.3 is 4.90 Å². The summed E-state index contributed by atoms with van der Waals surface area (Å²) >= 11 is 0. The first-order chi connectivity index (χ1) is 8.13. The number of carbonyl (C=O) groups excluding carboxylic acids is 1. The minimum Gasteiger partial charge on any atom is -0.322 e. The van der Waals surface area contributed by atoms with Gasteiger partial charge in [-0.25, -0.2) is 0 Å². The molecule has 1 heterocycles. The van der Waals surface area contributed by atoms with Gasteiger partial charge in [-0.2, -0.15) is 0 Å². The SMILES string of the molecule is CCN1C(=O)CNC1c1ccc([N+](=O)[O-])cc1. The number of rotatable bonds is 3. The fourth-order valence-corrected chi connectivity index (χ4v) is 1.97. The maximum atomic E-state index is 11.5. The Hall–Kier alpha value is -1.95. The smallest absolute Gasteiger partial charge is 0.269 e. The number of nitrogens with one attached hydrogen (secondary N) is 1. The van der Waals surface area contributed by atoms with Crippen molar-refractivity contribution >= 4 is 11.6 Å². The van der Waals surface area contributed by atoms with Gasteiger partial charge in [0.25, 0.3) is 5.69 Å². The third-order valence-electron chi connectivity index (χ3n) is 2.84. The van der Waals surface area contributed by atoms with Crippen LogP contribution < -0.4 is 5.32 Å². The molecule has 1 N–H and O–H groups in total. The monoisotopic (exact) mass is 235 g/mol. The highest BCUT2D eigenvalue weighted by molar-refractivity contribution is 5.80. The molecule has 1 fully saturated rings. The van der Waals surface area contributed by atoms with E-state index in [4.69, 9.17) is 0 Å². The molecule has 0 bridgehead atoms. The molecule has 0 aliphatic carbocycles. The topological polar surface area (TPSA) is 75.5 Å². The van der Waals surface area contributed by atoms with Crippen LogP contribution in [0.5, 0.6) is 0 Å². The van der Waals surface area contributed by atoms with Gasteiger partial charge in [-0.15, -0.1) is 0 Å². The number of nitrogens with zero attached hydrogens (tertiary/aromatic N) is 2. The van der Waals surface area contributed by atoms with Gasteiger partial charge in [-0.05, 0) is 24.6 Å². The highest BCUT2D eigenvalue weighted by atomic mass is 16.6. The molecular weight excluding hydrogens is 222 g/mol. The van der Waals surface area contributed by atoms with Crippen molar-refractivity contribution in [2.24, 2.45) is 0 Å². The zero-order valence-electron chi connectivity index (χ0n) is 9.42. The van der Waals surface area contributed by atoms with E-state index in [1.54, 1.807) is 17.0 Å². The Kier molecular flexibility index (Phi) is 3.06. The summed E-state index contributed by atoms with van der Waals surface area (Å²) in [4.78, 5) is 23.3. The molecule has 90 valence electrons. The first kappa shape index (κ1) is 11.5. The molecule has 1 atom stereocenters. The first-order valence-electron chi connectivity index (χ1n) is 5.40. The van der Waals surface area contributed by atoms with Crippen LogP contribution in [0.3, 0.4) is 0 Å². The van der Waals surface area contributed by atoms with Crippen LogP contribution >= 0.6 is 0 Å². The summed E-state index contributed by atoms with van der Waals surface area (Å²) in [7, 11) is 0. The van der Waals surface area contributed by atoms with Gasteiger partial charge in [0, 0.05) is 18.7 Å². The third-order valence-corrected chi connectivity index (χ3v) is 2.84. The molecule has 1 unspecified atom stereocenters. The number of nitro groups is 1. The lowest BCUT2D eigenvalue weighted by Gasteiger charge is -2.22. The molecule has 1 amide bonds. The van der Waals surface area contributed by atoms with E-state index >= 15 is 0 Å². The lowest BCUT2D eigenvalue weighted by molar-refractivity contribution is -0.384. The van der Waals surface area contributed by atoms with Crippen LogP contribution in [0, 0.1) is 10.1 Å². The Morgan fingerprint density at radius 3 is 2.65 bits per heavy atom.